The molecule has 2 aromatic heterocycles. The molecule has 4 rings (SSSR count). The standard InChI is InChI=1S/C21H21N5O5S/c1-2-3-10-26-17-9-8-13(32(22,29)30)11-16(17)23-18(26)12-31-21(28)19-14-6-4-5-7-15(14)20(27)25-24-19/h4-9,11H,2-3,10,12H2,1H3,(H,25,27)(H2,22,29,30). The van der Waals surface area contributed by atoms with Gasteiger partial charge in [-0.05, 0) is 30.7 Å². The highest BCUT2D eigenvalue weighted by molar-refractivity contribution is 7.89. The van der Waals surface area contributed by atoms with Gasteiger partial charge in [-0.25, -0.2) is 28.4 Å². The van der Waals surface area contributed by atoms with E-state index in [9.17, 15) is 18.0 Å². The monoisotopic (exact) mass is 455 g/mol. The molecular weight excluding hydrogens is 434 g/mol. The number of H-pyrrole nitrogens is 1. The van der Waals surface area contributed by atoms with Gasteiger partial charge in [0, 0.05) is 11.9 Å². The molecule has 0 radical (unpaired) electrons. The number of ether oxygens (including phenoxy) is 1. The van der Waals surface area contributed by atoms with Crippen molar-refractivity contribution in [2.75, 3.05) is 0 Å². The number of aromatic amines is 1. The largest absolute Gasteiger partial charge is 0.453 e. The van der Waals surface area contributed by atoms with Crippen LogP contribution < -0.4 is 10.7 Å². The molecule has 0 saturated carbocycles. The van der Waals surface area contributed by atoms with Crippen LogP contribution in [-0.4, -0.2) is 34.1 Å². The summed E-state index contributed by atoms with van der Waals surface area (Å²) in [6.45, 7) is 2.51. The Morgan fingerprint density at radius 3 is 2.66 bits per heavy atom. The second-order valence-electron chi connectivity index (χ2n) is 7.25. The minimum Gasteiger partial charge on any atom is -0.453 e. The molecule has 0 fully saturated rings. The van der Waals surface area contributed by atoms with E-state index in [1.165, 1.54) is 12.1 Å². The Bertz CT molecular complexity index is 1490. The van der Waals surface area contributed by atoms with Crippen LogP contribution in [0.5, 0.6) is 0 Å². The SMILES string of the molecule is CCCCn1c(COC(=O)c2n[nH]c(=O)c3ccccc23)nc2cc(S(N)(=O)=O)ccc21. The van der Waals surface area contributed by atoms with Crippen molar-refractivity contribution in [2.24, 2.45) is 5.14 Å². The van der Waals surface area contributed by atoms with Gasteiger partial charge in [-0.2, -0.15) is 5.10 Å². The molecule has 3 N–H and O–H groups in total. The molecule has 0 atom stereocenters. The molecule has 0 saturated heterocycles. The molecule has 2 heterocycles. The lowest BCUT2D eigenvalue weighted by Gasteiger charge is -2.10. The van der Waals surface area contributed by atoms with E-state index in [4.69, 9.17) is 9.88 Å². The molecule has 0 spiro atoms. The number of imidazole rings is 1. The molecule has 2 aromatic carbocycles. The average Bonchev–Trinajstić information content (AvgIpc) is 3.12. The summed E-state index contributed by atoms with van der Waals surface area (Å²) in [5.41, 5.74) is 0.743. The van der Waals surface area contributed by atoms with Crippen molar-refractivity contribution in [3.05, 3.63) is 64.3 Å². The van der Waals surface area contributed by atoms with E-state index in [2.05, 4.69) is 15.2 Å². The first kappa shape index (κ1) is 21.7. The molecule has 32 heavy (non-hydrogen) atoms. The third-order valence-corrected chi connectivity index (χ3v) is 6.00. The summed E-state index contributed by atoms with van der Waals surface area (Å²) in [6, 6.07) is 11.1. The van der Waals surface area contributed by atoms with Gasteiger partial charge in [0.2, 0.25) is 10.0 Å². The molecule has 0 aliphatic rings. The molecule has 4 aromatic rings. The van der Waals surface area contributed by atoms with Crippen LogP contribution in [0.25, 0.3) is 21.8 Å². The molecular formula is C21H21N5O5S. The second-order valence-corrected chi connectivity index (χ2v) is 8.81. The number of benzene rings is 2. The van der Waals surface area contributed by atoms with E-state index >= 15 is 0 Å². The lowest BCUT2D eigenvalue weighted by atomic mass is 10.1. The summed E-state index contributed by atoms with van der Waals surface area (Å²) >= 11 is 0. The first-order valence-electron chi connectivity index (χ1n) is 9.96. The van der Waals surface area contributed by atoms with Crippen molar-refractivity contribution in [1.82, 2.24) is 19.7 Å². The number of aromatic nitrogens is 4. The number of fused-ring (bicyclic) bond motifs is 2. The number of nitrogens with one attached hydrogen (secondary N) is 1. The Hall–Kier alpha value is -3.57. The Labute approximate surface area is 183 Å². The first-order chi connectivity index (χ1) is 15.3. The van der Waals surface area contributed by atoms with Gasteiger partial charge in [0.1, 0.15) is 12.4 Å². The van der Waals surface area contributed by atoms with Crippen LogP contribution in [-0.2, 0) is 27.9 Å². The number of nitrogens with two attached hydrogens (primary N) is 1. The predicted molar refractivity (Wildman–Crippen MR) is 117 cm³/mol. The van der Waals surface area contributed by atoms with Crippen LogP contribution in [0, 0.1) is 0 Å². The van der Waals surface area contributed by atoms with E-state index in [0.29, 0.717) is 34.2 Å². The molecule has 0 bridgehead atoms. The smallest absolute Gasteiger partial charge is 0.359 e. The van der Waals surface area contributed by atoms with Crippen molar-refractivity contribution in [1.29, 1.82) is 0 Å². The van der Waals surface area contributed by atoms with Crippen LogP contribution >= 0.6 is 0 Å². The lowest BCUT2D eigenvalue weighted by Crippen LogP contribution is -2.17. The summed E-state index contributed by atoms with van der Waals surface area (Å²) in [5, 5.41) is 12.1. The van der Waals surface area contributed by atoms with Gasteiger partial charge < -0.3 is 9.30 Å². The van der Waals surface area contributed by atoms with Gasteiger partial charge in [0.05, 0.1) is 21.3 Å². The average molecular weight is 455 g/mol. The van der Waals surface area contributed by atoms with E-state index in [-0.39, 0.29) is 17.2 Å². The Kier molecular flexibility index (Phi) is 5.76. The third-order valence-electron chi connectivity index (χ3n) is 5.08. The van der Waals surface area contributed by atoms with Gasteiger partial charge in [0.25, 0.3) is 5.56 Å². The molecule has 11 heteroatoms. The number of nitrogens with zero attached hydrogens (tertiary/aromatic N) is 3. The van der Waals surface area contributed by atoms with Crippen LogP contribution in [0.4, 0.5) is 0 Å². The number of rotatable bonds is 7. The highest BCUT2D eigenvalue weighted by Gasteiger charge is 2.19. The van der Waals surface area contributed by atoms with Gasteiger partial charge in [-0.1, -0.05) is 31.5 Å². The molecule has 0 amide bonds. The van der Waals surface area contributed by atoms with Crippen molar-refractivity contribution >= 4 is 37.8 Å². The van der Waals surface area contributed by atoms with Crippen LogP contribution in [0.15, 0.2) is 52.2 Å². The minimum absolute atomic E-state index is 0.00655. The van der Waals surface area contributed by atoms with Crippen molar-refractivity contribution in [3.8, 4) is 0 Å². The van der Waals surface area contributed by atoms with Crippen molar-refractivity contribution < 1.29 is 17.9 Å². The highest BCUT2D eigenvalue weighted by atomic mass is 32.2. The van der Waals surface area contributed by atoms with E-state index < -0.39 is 21.6 Å². The van der Waals surface area contributed by atoms with Gasteiger partial charge in [0.15, 0.2) is 5.69 Å². The second kappa shape index (κ2) is 8.52. The molecule has 0 unspecified atom stereocenters. The fourth-order valence-electron chi connectivity index (χ4n) is 3.48. The molecule has 166 valence electrons. The third kappa shape index (κ3) is 4.12. The summed E-state index contributed by atoms with van der Waals surface area (Å²) < 4.78 is 30.7. The highest BCUT2D eigenvalue weighted by Crippen LogP contribution is 2.22. The van der Waals surface area contributed by atoms with Crippen molar-refractivity contribution in [2.45, 2.75) is 37.8 Å². The minimum atomic E-state index is -3.87. The van der Waals surface area contributed by atoms with E-state index in [0.717, 1.165) is 12.8 Å². The topological polar surface area (TPSA) is 150 Å². The maximum absolute atomic E-state index is 12.7. The summed E-state index contributed by atoms with van der Waals surface area (Å²) in [6.07, 6.45) is 1.79. The van der Waals surface area contributed by atoms with Gasteiger partial charge >= 0.3 is 5.97 Å². The molecule has 10 nitrogen and oxygen atoms in total. The number of primary sulfonamides is 1. The van der Waals surface area contributed by atoms with Gasteiger partial charge in [-0.15, -0.1) is 0 Å². The summed E-state index contributed by atoms with van der Waals surface area (Å²) in [7, 11) is -3.87. The number of hydrogen-bond acceptors (Lipinski definition) is 7. The summed E-state index contributed by atoms with van der Waals surface area (Å²) in [4.78, 5) is 29.1. The van der Waals surface area contributed by atoms with Crippen LogP contribution in [0.1, 0.15) is 36.1 Å². The van der Waals surface area contributed by atoms with E-state index in [1.54, 1.807) is 30.3 Å². The maximum Gasteiger partial charge on any atom is 0.359 e. The first-order valence-corrected chi connectivity index (χ1v) is 11.5. The number of hydrogen-bond donors (Lipinski definition) is 2. The number of unbranched alkanes of at least 4 members (excludes halogenated alkanes) is 1. The Balaban J connectivity index is 1.67. The predicted octanol–water partition coefficient (Wildman–Crippen LogP) is 2.08. The Morgan fingerprint density at radius 2 is 1.94 bits per heavy atom. The molecule has 0 aliphatic heterocycles. The van der Waals surface area contributed by atoms with Crippen molar-refractivity contribution in [3.63, 3.8) is 0 Å². The normalized spacial score (nSPS) is 11.8. The number of carbonyl (C=O) groups excluding carboxylic acids is 1. The fraction of sp³-hybridized carbons (Fsp3) is 0.238. The Morgan fingerprint density at radius 1 is 1.19 bits per heavy atom. The summed E-state index contributed by atoms with van der Waals surface area (Å²) in [5.74, 6) is -0.251. The van der Waals surface area contributed by atoms with E-state index in [1.807, 2.05) is 11.5 Å². The zero-order chi connectivity index (χ0) is 22.9. The number of aryl methyl sites for hydroxylation is 1. The zero-order valence-electron chi connectivity index (χ0n) is 17.2. The lowest BCUT2D eigenvalue weighted by molar-refractivity contribution is 0.0452. The number of carbonyl (C=O) groups is 1. The number of esters is 1. The number of sulfonamides is 1. The molecule has 0 aliphatic carbocycles. The zero-order valence-corrected chi connectivity index (χ0v) is 18.1. The van der Waals surface area contributed by atoms with Gasteiger partial charge in [-0.3, -0.25) is 4.79 Å². The quantitative estimate of drug-likeness (QED) is 0.405. The van der Waals surface area contributed by atoms with Crippen LogP contribution in [0.2, 0.25) is 0 Å². The maximum atomic E-state index is 12.7. The van der Waals surface area contributed by atoms with Crippen LogP contribution in [0.3, 0.4) is 0 Å². The fourth-order valence-corrected chi connectivity index (χ4v) is 4.01.